The van der Waals surface area contributed by atoms with Gasteiger partial charge in [-0.2, -0.15) is 0 Å². The molecule has 2 N–H and O–H groups in total. The Bertz CT molecular complexity index is 201. The Morgan fingerprint density at radius 3 is 2.62 bits per heavy atom. The molecule has 0 bridgehead atoms. The van der Waals surface area contributed by atoms with Crippen molar-refractivity contribution < 1.29 is 14.3 Å². The molecule has 0 aromatic rings. The van der Waals surface area contributed by atoms with Crippen LogP contribution in [0.4, 0.5) is 0 Å². The predicted octanol–water partition coefficient (Wildman–Crippen LogP) is 0.0558. The number of ether oxygens (including phenoxy) is 2. The van der Waals surface area contributed by atoms with E-state index in [0.29, 0.717) is 32.0 Å². The zero-order chi connectivity index (χ0) is 9.26. The van der Waals surface area contributed by atoms with Gasteiger partial charge in [0.15, 0.2) is 6.29 Å². The molecular weight excluding hydrogens is 170 g/mol. The zero-order valence-corrected chi connectivity index (χ0v) is 7.57. The van der Waals surface area contributed by atoms with Crippen molar-refractivity contribution in [1.29, 1.82) is 0 Å². The number of hydrogen-bond donors (Lipinski definition) is 1. The molecule has 0 amide bonds. The lowest BCUT2D eigenvalue weighted by Gasteiger charge is -2.28. The highest BCUT2D eigenvalue weighted by atomic mass is 16.7. The van der Waals surface area contributed by atoms with E-state index in [1.54, 1.807) is 0 Å². The summed E-state index contributed by atoms with van der Waals surface area (Å²) in [7, 11) is 0. The minimum absolute atomic E-state index is 0.112. The molecular formula is C9H15NO3. The third kappa shape index (κ3) is 1.90. The lowest BCUT2D eigenvalue weighted by atomic mass is 9.85. The molecule has 1 saturated heterocycles. The predicted molar refractivity (Wildman–Crippen MR) is 46.0 cm³/mol. The van der Waals surface area contributed by atoms with Gasteiger partial charge in [0, 0.05) is 12.3 Å². The largest absolute Gasteiger partial charge is 0.350 e. The van der Waals surface area contributed by atoms with Crippen LogP contribution < -0.4 is 5.73 Å². The Morgan fingerprint density at radius 1 is 1.31 bits per heavy atom. The van der Waals surface area contributed by atoms with E-state index in [0.717, 1.165) is 6.42 Å². The van der Waals surface area contributed by atoms with E-state index in [4.69, 9.17) is 15.2 Å². The zero-order valence-electron chi connectivity index (χ0n) is 7.57. The van der Waals surface area contributed by atoms with Gasteiger partial charge < -0.3 is 15.2 Å². The minimum Gasteiger partial charge on any atom is -0.350 e. The number of carbonyl (C=O) groups excluding carboxylic acids is 1. The summed E-state index contributed by atoms with van der Waals surface area (Å²) in [4.78, 5) is 11.1. The van der Waals surface area contributed by atoms with Gasteiger partial charge in [-0.3, -0.25) is 4.79 Å². The number of Topliss-reactive ketones (excluding diaryl/α,β-unsaturated/α-hetero) is 1. The summed E-state index contributed by atoms with van der Waals surface area (Å²) in [6.45, 7) is 1.34. The van der Waals surface area contributed by atoms with Gasteiger partial charge in [-0.05, 0) is 12.8 Å². The molecule has 4 heteroatoms. The molecule has 2 rings (SSSR count). The summed E-state index contributed by atoms with van der Waals surface area (Å²) < 4.78 is 10.8. The van der Waals surface area contributed by atoms with E-state index < -0.39 is 0 Å². The summed E-state index contributed by atoms with van der Waals surface area (Å²) in [5.74, 6) is 0.490. The van der Waals surface area contributed by atoms with Crippen molar-refractivity contribution in [3.05, 3.63) is 0 Å². The van der Waals surface area contributed by atoms with Crippen LogP contribution in [0.25, 0.3) is 0 Å². The second-order valence-electron chi connectivity index (χ2n) is 3.72. The Morgan fingerprint density at radius 2 is 2.00 bits per heavy atom. The Labute approximate surface area is 77.4 Å². The Balaban J connectivity index is 1.90. The van der Waals surface area contributed by atoms with Crippen LogP contribution in [0.2, 0.25) is 0 Å². The lowest BCUT2D eigenvalue weighted by molar-refractivity contribution is -0.129. The molecule has 74 valence electrons. The van der Waals surface area contributed by atoms with Crippen LogP contribution in [-0.2, 0) is 14.3 Å². The van der Waals surface area contributed by atoms with Gasteiger partial charge in [0.1, 0.15) is 5.78 Å². The fourth-order valence-corrected chi connectivity index (χ4v) is 1.98. The number of carbonyl (C=O) groups is 1. The van der Waals surface area contributed by atoms with Crippen molar-refractivity contribution in [3.63, 3.8) is 0 Å². The first-order chi connectivity index (χ1) is 6.27. The molecule has 13 heavy (non-hydrogen) atoms. The van der Waals surface area contributed by atoms with Crippen molar-refractivity contribution in [2.24, 2.45) is 11.7 Å². The Hall–Kier alpha value is -0.450. The monoisotopic (exact) mass is 185 g/mol. The van der Waals surface area contributed by atoms with Gasteiger partial charge in [0.2, 0.25) is 0 Å². The van der Waals surface area contributed by atoms with Crippen molar-refractivity contribution in [2.45, 2.75) is 31.6 Å². The lowest BCUT2D eigenvalue weighted by Crippen LogP contribution is -2.40. The molecule has 0 aromatic carbocycles. The van der Waals surface area contributed by atoms with Crippen molar-refractivity contribution >= 4 is 5.78 Å². The van der Waals surface area contributed by atoms with E-state index in [2.05, 4.69) is 0 Å². The van der Waals surface area contributed by atoms with Crippen LogP contribution in [0.5, 0.6) is 0 Å². The summed E-state index contributed by atoms with van der Waals surface area (Å²) in [5, 5.41) is 0. The first kappa shape index (κ1) is 9.12. The van der Waals surface area contributed by atoms with E-state index in [9.17, 15) is 4.79 Å². The number of rotatable bonds is 1. The van der Waals surface area contributed by atoms with Gasteiger partial charge in [-0.1, -0.05) is 0 Å². The third-order valence-corrected chi connectivity index (χ3v) is 2.76. The fourth-order valence-electron chi connectivity index (χ4n) is 1.98. The summed E-state index contributed by atoms with van der Waals surface area (Å²) >= 11 is 0. The normalized spacial score (nSPS) is 36.8. The maximum absolute atomic E-state index is 11.1. The molecule has 1 aliphatic carbocycles. The molecule has 0 aromatic heterocycles. The number of nitrogens with two attached hydrogens (primary N) is 1. The van der Waals surface area contributed by atoms with Gasteiger partial charge in [-0.15, -0.1) is 0 Å². The maximum Gasteiger partial charge on any atom is 0.160 e. The average molecular weight is 185 g/mol. The molecule has 2 fully saturated rings. The molecule has 0 spiro atoms. The van der Waals surface area contributed by atoms with E-state index in [1.807, 2.05) is 0 Å². The van der Waals surface area contributed by atoms with Crippen LogP contribution in [0.15, 0.2) is 0 Å². The van der Waals surface area contributed by atoms with Crippen molar-refractivity contribution in [3.8, 4) is 0 Å². The van der Waals surface area contributed by atoms with E-state index >= 15 is 0 Å². The number of hydrogen-bond acceptors (Lipinski definition) is 4. The van der Waals surface area contributed by atoms with Crippen LogP contribution in [0.3, 0.4) is 0 Å². The van der Waals surface area contributed by atoms with Gasteiger partial charge >= 0.3 is 0 Å². The maximum atomic E-state index is 11.1. The molecule has 2 aliphatic rings. The second kappa shape index (κ2) is 3.74. The smallest absolute Gasteiger partial charge is 0.160 e. The van der Waals surface area contributed by atoms with E-state index in [-0.39, 0.29) is 18.1 Å². The first-order valence-corrected chi connectivity index (χ1v) is 4.79. The SMILES string of the molecule is NC1CC(C2OCCO2)CCC1=O. The molecule has 1 aliphatic heterocycles. The molecule has 4 nitrogen and oxygen atoms in total. The highest BCUT2D eigenvalue weighted by molar-refractivity contribution is 5.84. The first-order valence-electron chi connectivity index (χ1n) is 4.79. The fraction of sp³-hybridized carbons (Fsp3) is 0.889. The number of ketones is 1. The van der Waals surface area contributed by atoms with Crippen molar-refractivity contribution in [2.75, 3.05) is 13.2 Å². The van der Waals surface area contributed by atoms with E-state index in [1.165, 1.54) is 0 Å². The summed E-state index contributed by atoms with van der Waals surface area (Å²) in [6, 6.07) is -0.299. The molecule has 2 unspecified atom stereocenters. The molecule has 0 radical (unpaired) electrons. The highest BCUT2D eigenvalue weighted by Crippen LogP contribution is 2.28. The van der Waals surface area contributed by atoms with Crippen molar-refractivity contribution in [1.82, 2.24) is 0 Å². The topological polar surface area (TPSA) is 61.6 Å². The molecule has 2 atom stereocenters. The standard InChI is InChI=1S/C9H15NO3/c10-7-5-6(1-2-8(7)11)9-12-3-4-13-9/h6-7,9H,1-5,10H2. The van der Waals surface area contributed by atoms with Gasteiger partial charge in [-0.25, -0.2) is 0 Å². The van der Waals surface area contributed by atoms with Crippen LogP contribution in [0, 0.1) is 5.92 Å². The average Bonchev–Trinajstić information content (AvgIpc) is 2.62. The summed E-state index contributed by atoms with van der Waals surface area (Å²) in [6.07, 6.45) is 2.04. The Kier molecular flexibility index (Phi) is 2.62. The quantitative estimate of drug-likeness (QED) is 0.627. The third-order valence-electron chi connectivity index (χ3n) is 2.76. The van der Waals surface area contributed by atoms with Crippen LogP contribution in [-0.4, -0.2) is 31.3 Å². The highest BCUT2D eigenvalue weighted by Gasteiger charge is 2.33. The second-order valence-corrected chi connectivity index (χ2v) is 3.72. The van der Waals surface area contributed by atoms with Crippen LogP contribution >= 0.6 is 0 Å². The van der Waals surface area contributed by atoms with Gasteiger partial charge in [0.05, 0.1) is 19.3 Å². The minimum atomic E-state index is -0.299. The van der Waals surface area contributed by atoms with Gasteiger partial charge in [0.25, 0.3) is 0 Å². The summed E-state index contributed by atoms with van der Waals surface area (Å²) in [5.41, 5.74) is 5.68. The molecule has 1 heterocycles. The molecule has 1 saturated carbocycles. The van der Waals surface area contributed by atoms with Crippen LogP contribution in [0.1, 0.15) is 19.3 Å².